The van der Waals surface area contributed by atoms with E-state index in [4.69, 9.17) is 16.3 Å². The zero-order chi connectivity index (χ0) is 25.7. The largest absolute Gasteiger partial charge is 0.363 e. The summed E-state index contributed by atoms with van der Waals surface area (Å²) < 4.78 is 7.02. The number of carbonyl (C=O) groups is 2. The first-order valence-corrected chi connectivity index (χ1v) is 12.1. The lowest BCUT2D eigenvalue weighted by Crippen LogP contribution is -2.21. The highest BCUT2D eigenvalue weighted by molar-refractivity contribution is 7.14. The van der Waals surface area contributed by atoms with Crippen molar-refractivity contribution >= 4 is 51.4 Å². The molecule has 186 valence electrons. The molecule has 0 aliphatic heterocycles. The van der Waals surface area contributed by atoms with E-state index >= 15 is 0 Å². The molecule has 0 saturated heterocycles. The van der Waals surface area contributed by atoms with E-state index in [1.165, 1.54) is 30.5 Å². The molecule has 1 unspecified atom stereocenters. The van der Waals surface area contributed by atoms with Crippen molar-refractivity contribution in [2.45, 2.75) is 20.1 Å². The van der Waals surface area contributed by atoms with E-state index in [0.717, 1.165) is 5.56 Å². The van der Waals surface area contributed by atoms with Gasteiger partial charge in [-0.1, -0.05) is 23.7 Å². The summed E-state index contributed by atoms with van der Waals surface area (Å²) in [5, 5.41) is 21.4. The zero-order valence-corrected chi connectivity index (χ0v) is 20.9. The minimum Gasteiger partial charge on any atom is -0.363 e. The van der Waals surface area contributed by atoms with Gasteiger partial charge in [0, 0.05) is 36.4 Å². The van der Waals surface area contributed by atoms with Gasteiger partial charge in [0.1, 0.15) is 10.8 Å². The summed E-state index contributed by atoms with van der Waals surface area (Å²) in [7, 11) is 0. The van der Waals surface area contributed by atoms with Crippen molar-refractivity contribution in [3.8, 4) is 16.9 Å². The number of urea groups is 1. The molecule has 0 aliphatic carbocycles. The first-order valence-electron chi connectivity index (χ1n) is 10.9. The predicted molar refractivity (Wildman–Crippen MR) is 140 cm³/mol. The molecule has 3 aromatic heterocycles. The van der Waals surface area contributed by atoms with Crippen LogP contribution in [-0.2, 0) is 9.53 Å². The summed E-state index contributed by atoms with van der Waals surface area (Å²) in [4.78, 5) is 32.2. The molecule has 1 aromatic carbocycles. The zero-order valence-electron chi connectivity index (χ0n) is 19.4. The number of benzene rings is 1. The number of hydrogen-bond acceptors (Lipinski definition) is 7. The van der Waals surface area contributed by atoms with Crippen molar-refractivity contribution in [1.29, 1.82) is 0 Å². The van der Waals surface area contributed by atoms with Crippen LogP contribution in [0.1, 0.15) is 25.8 Å². The van der Waals surface area contributed by atoms with Crippen molar-refractivity contribution in [2.75, 3.05) is 22.6 Å². The van der Waals surface area contributed by atoms with Crippen LogP contribution in [0.5, 0.6) is 0 Å². The van der Waals surface area contributed by atoms with E-state index in [-0.39, 0.29) is 29.0 Å². The maximum Gasteiger partial charge on any atom is 0.323 e. The molecule has 3 heterocycles. The second kappa shape index (κ2) is 11.3. The Morgan fingerprint density at radius 3 is 2.64 bits per heavy atom. The van der Waals surface area contributed by atoms with E-state index in [1.807, 2.05) is 17.5 Å². The number of aliphatic hydroxyl groups excluding tert-OH is 1. The number of carbonyl (C=O) groups excluding carboxylic acids is 2. The van der Waals surface area contributed by atoms with Gasteiger partial charge in [0.2, 0.25) is 5.91 Å². The molecular formula is C24H23ClN6O4S. The average Bonchev–Trinajstić information content (AvgIpc) is 3.43. The van der Waals surface area contributed by atoms with Crippen LogP contribution in [0.3, 0.4) is 0 Å². The van der Waals surface area contributed by atoms with Crippen molar-refractivity contribution < 1.29 is 19.4 Å². The number of nitrogens with zero attached hydrogens (tertiary/aromatic N) is 3. The van der Waals surface area contributed by atoms with Gasteiger partial charge in [-0.25, -0.2) is 9.78 Å². The van der Waals surface area contributed by atoms with Crippen LogP contribution in [0.25, 0.3) is 16.9 Å². The molecule has 0 bridgehead atoms. The molecule has 1 atom stereocenters. The van der Waals surface area contributed by atoms with Gasteiger partial charge in [0.25, 0.3) is 0 Å². The molecule has 4 rings (SSSR count). The first kappa shape index (κ1) is 25.3. The maximum atomic E-state index is 12.6. The quantitative estimate of drug-likeness (QED) is 0.231. The number of pyridine rings is 1. The van der Waals surface area contributed by atoms with E-state index in [1.54, 1.807) is 42.0 Å². The van der Waals surface area contributed by atoms with Crippen molar-refractivity contribution in [1.82, 2.24) is 14.5 Å². The molecular weight excluding hydrogens is 504 g/mol. The third kappa shape index (κ3) is 5.89. The molecule has 10 nitrogen and oxygen atoms in total. The molecule has 0 spiro atoms. The average molecular weight is 527 g/mol. The number of aliphatic hydroxyl groups is 1. The topological polar surface area (TPSA) is 130 Å². The monoisotopic (exact) mass is 526 g/mol. The molecule has 3 amide bonds. The van der Waals surface area contributed by atoms with Crippen LogP contribution < -0.4 is 16.0 Å². The van der Waals surface area contributed by atoms with E-state index in [2.05, 4.69) is 25.9 Å². The normalized spacial score (nSPS) is 11.7. The molecule has 36 heavy (non-hydrogen) atoms. The van der Waals surface area contributed by atoms with Gasteiger partial charge < -0.3 is 25.8 Å². The molecule has 12 heteroatoms. The Balaban J connectivity index is 1.63. The highest BCUT2D eigenvalue weighted by Gasteiger charge is 2.24. The molecule has 0 radical (unpaired) electrons. The smallest absolute Gasteiger partial charge is 0.323 e. The standard InChI is InChI=1S/C24H23ClN6O4S/c1-3-35-22(33)21-18(29-23(34)28-16-5-4-10-26-12-16)11-20(25)31(21)17-8-6-15(7-9-17)19-13-36-24(30-19)27-14(2)32/h4-13,22,33H,3H2,1-2H3,(H,27,30,32)(H2,28,29,34). The van der Waals surface area contributed by atoms with Gasteiger partial charge in [0.15, 0.2) is 11.4 Å². The Morgan fingerprint density at radius 1 is 1.19 bits per heavy atom. The predicted octanol–water partition coefficient (Wildman–Crippen LogP) is 5.28. The lowest BCUT2D eigenvalue weighted by molar-refractivity contribution is -0.114. The van der Waals surface area contributed by atoms with Crippen LogP contribution in [0.4, 0.5) is 21.3 Å². The van der Waals surface area contributed by atoms with Crippen LogP contribution in [0, 0.1) is 0 Å². The third-order valence-corrected chi connectivity index (χ3v) is 5.96. The minimum atomic E-state index is -1.35. The lowest BCUT2D eigenvalue weighted by atomic mass is 10.1. The van der Waals surface area contributed by atoms with Crippen LogP contribution in [-0.4, -0.2) is 38.2 Å². The van der Waals surface area contributed by atoms with E-state index in [0.29, 0.717) is 22.2 Å². The van der Waals surface area contributed by atoms with Gasteiger partial charge >= 0.3 is 6.03 Å². The minimum absolute atomic E-state index is 0.188. The van der Waals surface area contributed by atoms with Crippen LogP contribution in [0.2, 0.25) is 5.15 Å². The number of rotatable bonds is 8. The van der Waals surface area contributed by atoms with Crippen LogP contribution in [0.15, 0.2) is 60.2 Å². The Hall–Kier alpha value is -3.77. The summed E-state index contributed by atoms with van der Waals surface area (Å²) in [6.07, 6.45) is 1.76. The van der Waals surface area contributed by atoms with Gasteiger partial charge in [-0.3, -0.25) is 14.3 Å². The molecule has 0 fully saturated rings. The van der Waals surface area contributed by atoms with Crippen molar-refractivity contribution in [3.63, 3.8) is 0 Å². The first-order chi connectivity index (χ1) is 17.4. The number of aromatic nitrogens is 3. The van der Waals surface area contributed by atoms with Gasteiger partial charge in [-0.2, -0.15) is 0 Å². The molecule has 4 N–H and O–H groups in total. The van der Waals surface area contributed by atoms with Gasteiger partial charge in [-0.05, 0) is 37.3 Å². The summed E-state index contributed by atoms with van der Waals surface area (Å²) in [6.45, 7) is 3.42. The summed E-state index contributed by atoms with van der Waals surface area (Å²) in [6, 6.07) is 11.7. The SMILES string of the molecule is CCOC(O)c1c(NC(=O)Nc2cccnc2)cc(Cl)n1-c1ccc(-c2csc(NC(C)=O)n2)cc1. The summed E-state index contributed by atoms with van der Waals surface area (Å²) in [5.74, 6) is -0.188. The number of nitrogens with one attached hydrogen (secondary N) is 3. The summed E-state index contributed by atoms with van der Waals surface area (Å²) >= 11 is 7.87. The molecule has 4 aromatic rings. The second-order valence-electron chi connectivity index (χ2n) is 7.50. The van der Waals surface area contributed by atoms with Crippen molar-refractivity contribution in [2.24, 2.45) is 0 Å². The maximum absolute atomic E-state index is 12.6. The number of amides is 3. The van der Waals surface area contributed by atoms with Crippen molar-refractivity contribution in [3.05, 3.63) is 71.1 Å². The fraction of sp³-hybridized carbons (Fsp3) is 0.167. The molecule has 0 saturated carbocycles. The van der Waals surface area contributed by atoms with E-state index in [9.17, 15) is 14.7 Å². The number of thiazole rings is 1. The fourth-order valence-electron chi connectivity index (χ4n) is 3.45. The highest BCUT2D eigenvalue weighted by Crippen LogP contribution is 2.35. The number of hydrogen-bond donors (Lipinski definition) is 4. The van der Waals surface area contributed by atoms with E-state index < -0.39 is 12.3 Å². The fourth-order valence-corrected chi connectivity index (χ4v) is 4.52. The number of ether oxygens (including phenoxy) is 1. The second-order valence-corrected chi connectivity index (χ2v) is 8.74. The van der Waals surface area contributed by atoms with Crippen LogP contribution >= 0.6 is 22.9 Å². The number of halogens is 1. The third-order valence-electron chi connectivity index (χ3n) is 4.93. The lowest BCUT2D eigenvalue weighted by Gasteiger charge is -2.18. The molecule has 0 aliphatic rings. The Morgan fingerprint density at radius 2 is 1.97 bits per heavy atom. The Labute approximate surface area is 215 Å². The Bertz CT molecular complexity index is 1360. The highest BCUT2D eigenvalue weighted by atomic mass is 35.5. The van der Waals surface area contributed by atoms with Gasteiger partial charge in [0.05, 0.1) is 23.3 Å². The Kier molecular flexibility index (Phi) is 7.96. The number of anilines is 3. The van der Waals surface area contributed by atoms with Gasteiger partial charge in [-0.15, -0.1) is 11.3 Å². The summed E-state index contributed by atoms with van der Waals surface area (Å²) in [5.41, 5.74) is 3.22.